The quantitative estimate of drug-likeness (QED) is 0.333. The van der Waals surface area contributed by atoms with Gasteiger partial charge in [0.1, 0.15) is 6.04 Å². The first-order chi connectivity index (χ1) is 19.4. The zero-order valence-corrected chi connectivity index (χ0v) is 22.5. The van der Waals surface area contributed by atoms with Gasteiger partial charge in [0.15, 0.2) is 0 Å². The molecular formula is C29H34N6O5. The molecular weight excluding hydrogens is 512 g/mol. The van der Waals surface area contributed by atoms with Gasteiger partial charge < -0.3 is 14.7 Å². The Kier molecular flexibility index (Phi) is 7.14. The van der Waals surface area contributed by atoms with Gasteiger partial charge in [-0.1, -0.05) is 6.07 Å². The number of piperidine rings is 2. The Morgan fingerprint density at radius 1 is 0.875 bits per heavy atom. The Labute approximate surface area is 232 Å². The monoisotopic (exact) mass is 546 g/mol. The van der Waals surface area contributed by atoms with Crippen LogP contribution in [0.25, 0.3) is 0 Å². The van der Waals surface area contributed by atoms with Gasteiger partial charge in [0, 0.05) is 93.4 Å². The van der Waals surface area contributed by atoms with E-state index in [1.54, 1.807) is 17.0 Å². The SMILES string of the molecule is O=C1CCC(N2Cc3c(cccc3N3CCC(CN4CCN(c5ccc([N+](=O)[O-])cc5)CC4)CC3)C2=O)C(=O)N1. The van der Waals surface area contributed by atoms with Gasteiger partial charge in [-0.2, -0.15) is 0 Å². The third-order valence-electron chi connectivity index (χ3n) is 8.83. The lowest BCUT2D eigenvalue weighted by Crippen LogP contribution is -2.52. The number of non-ortho nitro benzene ring substituents is 1. The Morgan fingerprint density at radius 2 is 1.60 bits per heavy atom. The molecule has 11 heteroatoms. The summed E-state index contributed by atoms with van der Waals surface area (Å²) in [6.07, 6.45) is 2.78. The molecule has 11 nitrogen and oxygen atoms in total. The number of piperazine rings is 1. The predicted molar refractivity (Wildman–Crippen MR) is 149 cm³/mol. The smallest absolute Gasteiger partial charge is 0.269 e. The van der Waals surface area contributed by atoms with Crippen LogP contribution in [0.4, 0.5) is 17.1 Å². The summed E-state index contributed by atoms with van der Waals surface area (Å²) < 4.78 is 0. The van der Waals surface area contributed by atoms with Crippen molar-refractivity contribution in [3.63, 3.8) is 0 Å². The fraction of sp³-hybridized carbons (Fsp3) is 0.483. The van der Waals surface area contributed by atoms with Crippen LogP contribution in [-0.2, 0) is 16.1 Å². The molecule has 3 fully saturated rings. The lowest BCUT2D eigenvalue weighted by molar-refractivity contribution is -0.384. The molecule has 4 aliphatic heterocycles. The highest BCUT2D eigenvalue weighted by Gasteiger charge is 2.40. The number of amides is 3. The maximum Gasteiger partial charge on any atom is 0.269 e. The number of hydrogen-bond donors (Lipinski definition) is 1. The molecule has 1 N–H and O–H groups in total. The van der Waals surface area contributed by atoms with E-state index in [2.05, 4.69) is 26.1 Å². The molecule has 0 aliphatic carbocycles. The van der Waals surface area contributed by atoms with Crippen molar-refractivity contribution in [2.75, 3.05) is 55.6 Å². The van der Waals surface area contributed by atoms with Gasteiger partial charge in [0.05, 0.1) is 4.92 Å². The largest absolute Gasteiger partial charge is 0.371 e. The van der Waals surface area contributed by atoms with Gasteiger partial charge in [0.25, 0.3) is 11.6 Å². The van der Waals surface area contributed by atoms with Crippen molar-refractivity contribution in [2.24, 2.45) is 5.92 Å². The summed E-state index contributed by atoms with van der Waals surface area (Å²) in [7, 11) is 0. The number of nitro groups is 1. The first-order valence-corrected chi connectivity index (χ1v) is 14.1. The number of anilines is 2. The summed E-state index contributed by atoms with van der Waals surface area (Å²) in [5.74, 6) is -0.177. The van der Waals surface area contributed by atoms with E-state index in [-0.39, 0.29) is 34.8 Å². The molecule has 40 heavy (non-hydrogen) atoms. The maximum atomic E-state index is 13.2. The van der Waals surface area contributed by atoms with Gasteiger partial charge in [-0.25, -0.2) is 0 Å². The number of carbonyl (C=O) groups excluding carboxylic acids is 3. The maximum absolute atomic E-state index is 13.2. The van der Waals surface area contributed by atoms with Crippen molar-refractivity contribution in [3.8, 4) is 0 Å². The fourth-order valence-electron chi connectivity index (χ4n) is 6.56. The lowest BCUT2D eigenvalue weighted by Gasteiger charge is -2.40. The number of hydrogen-bond acceptors (Lipinski definition) is 8. The minimum atomic E-state index is -0.600. The van der Waals surface area contributed by atoms with Crippen LogP contribution < -0.4 is 15.1 Å². The van der Waals surface area contributed by atoms with E-state index in [0.29, 0.717) is 24.4 Å². The van der Waals surface area contributed by atoms with Crippen LogP contribution in [0.15, 0.2) is 42.5 Å². The van der Waals surface area contributed by atoms with Crippen LogP contribution in [0.2, 0.25) is 0 Å². The standard InChI is InChI=1S/C29H34N6O5/c36-27-9-8-26(28(37)30-27)34-19-24-23(29(34)38)2-1-3-25(24)33-12-10-20(11-13-33)18-31-14-16-32(17-15-31)21-4-6-22(7-5-21)35(39)40/h1-7,20,26H,8-19H2,(H,30,36,37). The van der Waals surface area contributed by atoms with Crippen molar-refractivity contribution >= 4 is 34.8 Å². The molecule has 1 atom stereocenters. The first-order valence-electron chi connectivity index (χ1n) is 14.1. The van der Waals surface area contributed by atoms with Crippen LogP contribution in [0.5, 0.6) is 0 Å². The van der Waals surface area contributed by atoms with Crippen LogP contribution in [-0.4, -0.2) is 84.3 Å². The number of nitrogens with zero attached hydrogens (tertiary/aromatic N) is 5. The second kappa shape index (κ2) is 10.9. The van der Waals surface area contributed by atoms with Crippen molar-refractivity contribution in [1.82, 2.24) is 15.1 Å². The molecule has 4 aliphatic rings. The number of imide groups is 1. The Bertz CT molecular complexity index is 1310. The van der Waals surface area contributed by atoms with Crippen LogP contribution >= 0.6 is 0 Å². The molecule has 3 saturated heterocycles. The summed E-state index contributed by atoms with van der Waals surface area (Å²) in [4.78, 5) is 56.6. The molecule has 3 amide bonds. The van der Waals surface area contributed by atoms with Crippen LogP contribution in [0.3, 0.4) is 0 Å². The molecule has 210 valence electrons. The van der Waals surface area contributed by atoms with Crippen LogP contribution in [0.1, 0.15) is 41.6 Å². The number of fused-ring (bicyclic) bond motifs is 1. The molecule has 2 aromatic rings. The van der Waals surface area contributed by atoms with Crippen molar-refractivity contribution in [3.05, 3.63) is 63.7 Å². The van der Waals surface area contributed by atoms with Crippen molar-refractivity contribution in [1.29, 1.82) is 0 Å². The molecule has 0 bridgehead atoms. The summed E-state index contributed by atoms with van der Waals surface area (Å²) in [5, 5.41) is 13.3. The number of nitro benzene ring substituents is 1. The summed E-state index contributed by atoms with van der Waals surface area (Å²) in [5.41, 5.74) is 3.88. The molecule has 2 aromatic carbocycles. The predicted octanol–water partition coefficient (Wildman–Crippen LogP) is 2.39. The molecule has 0 saturated carbocycles. The normalized spacial score (nSPS) is 22.4. The van der Waals surface area contributed by atoms with Gasteiger partial charge in [-0.15, -0.1) is 0 Å². The summed E-state index contributed by atoms with van der Waals surface area (Å²) in [6.45, 7) is 7.08. The fourth-order valence-corrected chi connectivity index (χ4v) is 6.56. The van der Waals surface area contributed by atoms with E-state index in [1.807, 2.05) is 24.3 Å². The topological polar surface area (TPSA) is 119 Å². The highest BCUT2D eigenvalue weighted by molar-refractivity contribution is 6.06. The Hall–Kier alpha value is -3.99. The second-order valence-electron chi connectivity index (χ2n) is 11.2. The molecule has 0 spiro atoms. The molecule has 1 unspecified atom stereocenters. The number of nitrogens with one attached hydrogen (secondary N) is 1. The number of rotatable bonds is 6. The summed E-state index contributed by atoms with van der Waals surface area (Å²) in [6, 6.07) is 12.1. The molecule has 0 aromatic heterocycles. The third-order valence-corrected chi connectivity index (χ3v) is 8.83. The minimum absolute atomic E-state index is 0.118. The number of benzene rings is 2. The second-order valence-corrected chi connectivity index (χ2v) is 11.2. The van der Waals surface area contributed by atoms with Crippen molar-refractivity contribution < 1.29 is 19.3 Å². The molecule has 0 radical (unpaired) electrons. The third kappa shape index (κ3) is 5.13. The minimum Gasteiger partial charge on any atom is -0.371 e. The van der Waals surface area contributed by atoms with Gasteiger partial charge in [-0.3, -0.25) is 34.7 Å². The highest BCUT2D eigenvalue weighted by Crippen LogP contribution is 2.36. The average Bonchev–Trinajstić information content (AvgIpc) is 3.30. The van der Waals surface area contributed by atoms with E-state index >= 15 is 0 Å². The first kappa shape index (κ1) is 26.2. The van der Waals surface area contributed by atoms with E-state index in [0.717, 1.165) is 75.6 Å². The van der Waals surface area contributed by atoms with E-state index in [4.69, 9.17) is 0 Å². The lowest BCUT2D eigenvalue weighted by atomic mass is 9.94. The zero-order valence-electron chi connectivity index (χ0n) is 22.5. The van der Waals surface area contributed by atoms with E-state index in [1.165, 1.54) is 0 Å². The zero-order chi connectivity index (χ0) is 27.8. The average molecular weight is 547 g/mol. The molecule has 6 rings (SSSR count). The van der Waals surface area contributed by atoms with Gasteiger partial charge in [0.2, 0.25) is 11.8 Å². The van der Waals surface area contributed by atoms with Crippen molar-refractivity contribution in [2.45, 2.75) is 38.3 Å². The van der Waals surface area contributed by atoms with Gasteiger partial charge >= 0.3 is 0 Å². The highest BCUT2D eigenvalue weighted by atomic mass is 16.6. The van der Waals surface area contributed by atoms with E-state index < -0.39 is 6.04 Å². The Morgan fingerprint density at radius 3 is 2.27 bits per heavy atom. The number of carbonyl (C=O) groups is 3. The summed E-state index contributed by atoms with van der Waals surface area (Å²) >= 11 is 0. The Balaban J connectivity index is 1.02. The molecule has 4 heterocycles. The van der Waals surface area contributed by atoms with Gasteiger partial charge in [-0.05, 0) is 49.4 Å². The van der Waals surface area contributed by atoms with Crippen LogP contribution in [0, 0.1) is 16.0 Å². The van der Waals surface area contributed by atoms with E-state index in [9.17, 15) is 24.5 Å².